The summed E-state index contributed by atoms with van der Waals surface area (Å²) in [5.74, 6) is 1.17. The summed E-state index contributed by atoms with van der Waals surface area (Å²) in [6, 6.07) is 14.4. The van der Waals surface area contributed by atoms with Crippen molar-refractivity contribution in [1.29, 1.82) is 0 Å². The molecule has 0 radical (unpaired) electrons. The van der Waals surface area contributed by atoms with Crippen molar-refractivity contribution in [2.75, 3.05) is 6.61 Å². The van der Waals surface area contributed by atoms with Gasteiger partial charge in [-0.2, -0.15) is 0 Å². The number of amides is 1. The maximum absolute atomic E-state index is 13.8. The van der Waals surface area contributed by atoms with Gasteiger partial charge in [-0.3, -0.25) is 9.59 Å². The van der Waals surface area contributed by atoms with Gasteiger partial charge >= 0.3 is 0 Å². The molecule has 2 aromatic carbocycles. The van der Waals surface area contributed by atoms with E-state index in [0.29, 0.717) is 28.9 Å². The lowest BCUT2D eigenvalue weighted by atomic mass is 9.97. The first-order chi connectivity index (χ1) is 16.5. The second-order valence-electron chi connectivity index (χ2n) is 8.81. The molecular weight excluding hydrogens is 430 g/mol. The fraction of sp³-hybridized carbons (Fsp3) is 0.286. The monoisotopic (exact) mass is 457 g/mol. The van der Waals surface area contributed by atoms with Crippen LogP contribution in [-0.2, 0) is 6.54 Å². The van der Waals surface area contributed by atoms with E-state index in [4.69, 9.17) is 13.6 Å². The van der Waals surface area contributed by atoms with Gasteiger partial charge in [0, 0.05) is 0 Å². The van der Waals surface area contributed by atoms with Crippen LogP contribution in [0.5, 0.6) is 5.75 Å². The van der Waals surface area contributed by atoms with E-state index in [0.717, 1.165) is 35.3 Å². The van der Waals surface area contributed by atoms with Crippen molar-refractivity contribution in [2.45, 2.75) is 46.2 Å². The van der Waals surface area contributed by atoms with Gasteiger partial charge in [0.1, 0.15) is 17.1 Å². The Morgan fingerprint density at radius 3 is 2.56 bits per heavy atom. The van der Waals surface area contributed by atoms with Gasteiger partial charge in [0.05, 0.1) is 36.4 Å². The van der Waals surface area contributed by atoms with E-state index >= 15 is 0 Å². The molecule has 3 heterocycles. The highest BCUT2D eigenvalue weighted by Gasteiger charge is 2.43. The molecule has 6 heteroatoms. The number of carbonyl (C=O) groups excluding carboxylic acids is 1. The largest absolute Gasteiger partial charge is 0.494 e. The predicted molar refractivity (Wildman–Crippen MR) is 129 cm³/mol. The zero-order chi connectivity index (χ0) is 23.8. The Kier molecular flexibility index (Phi) is 5.74. The van der Waals surface area contributed by atoms with Crippen molar-refractivity contribution in [3.8, 4) is 5.75 Å². The van der Waals surface area contributed by atoms with E-state index in [9.17, 15) is 9.59 Å². The summed E-state index contributed by atoms with van der Waals surface area (Å²) in [5, 5.41) is 0.515. The lowest BCUT2D eigenvalue weighted by Gasteiger charge is -2.24. The third-order valence-electron chi connectivity index (χ3n) is 6.28. The summed E-state index contributed by atoms with van der Waals surface area (Å²) in [5.41, 5.74) is 3.27. The summed E-state index contributed by atoms with van der Waals surface area (Å²) in [6.45, 7) is 6.83. The highest BCUT2D eigenvalue weighted by Crippen LogP contribution is 2.40. The molecule has 34 heavy (non-hydrogen) atoms. The topological polar surface area (TPSA) is 72.9 Å². The Bertz CT molecular complexity index is 1400. The number of ether oxygens (including phenoxy) is 1. The van der Waals surface area contributed by atoms with Crippen LogP contribution in [0.3, 0.4) is 0 Å². The molecule has 0 spiro atoms. The van der Waals surface area contributed by atoms with Gasteiger partial charge in [0.15, 0.2) is 5.43 Å². The lowest BCUT2D eigenvalue weighted by molar-refractivity contribution is 0.0701. The van der Waals surface area contributed by atoms with Crippen LogP contribution < -0.4 is 10.2 Å². The number of hydrogen-bond acceptors (Lipinski definition) is 5. The highest BCUT2D eigenvalue weighted by atomic mass is 16.5. The van der Waals surface area contributed by atoms with Crippen LogP contribution in [0.4, 0.5) is 0 Å². The third kappa shape index (κ3) is 3.79. The Morgan fingerprint density at radius 2 is 1.85 bits per heavy atom. The number of rotatable bonds is 7. The SMILES string of the molecule is CCCCOc1ccc(C2c3c(oc4cc(C)cc(C)c4c3=O)C(=O)N2Cc2ccco2)cc1. The van der Waals surface area contributed by atoms with Crippen LogP contribution in [0.15, 0.2) is 68.4 Å². The number of unbranched alkanes of at least 4 members (excludes halogenated alkanes) is 1. The van der Waals surface area contributed by atoms with Gasteiger partial charge in [-0.15, -0.1) is 0 Å². The molecule has 1 aliphatic rings. The number of aryl methyl sites for hydroxylation is 2. The molecule has 0 aliphatic carbocycles. The minimum atomic E-state index is -0.585. The van der Waals surface area contributed by atoms with E-state index in [1.165, 1.54) is 0 Å². The molecule has 1 amide bonds. The molecular formula is C28H27NO5. The van der Waals surface area contributed by atoms with E-state index in [1.807, 2.05) is 56.3 Å². The molecule has 4 aromatic rings. The van der Waals surface area contributed by atoms with E-state index < -0.39 is 6.04 Å². The van der Waals surface area contributed by atoms with Crippen molar-refractivity contribution in [3.05, 3.63) is 98.8 Å². The fourth-order valence-corrected chi connectivity index (χ4v) is 4.67. The van der Waals surface area contributed by atoms with Crippen molar-refractivity contribution >= 4 is 16.9 Å². The van der Waals surface area contributed by atoms with Gasteiger partial charge < -0.3 is 18.5 Å². The van der Waals surface area contributed by atoms with E-state index in [-0.39, 0.29) is 23.6 Å². The summed E-state index contributed by atoms with van der Waals surface area (Å²) in [7, 11) is 0. The minimum absolute atomic E-state index is 0.0994. The Balaban J connectivity index is 1.64. The van der Waals surface area contributed by atoms with Gasteiger partial charge in [-0.05, 0) is 67.3 Å². The molecule has 1 atom stereocenters. The van der Waals surface area contributed by atoms with Gasteiger partial charge in [-0.25, -0.2) is 0 Å². The summed E-state index contributed by atoms with van der Waals surface area (Å²) in [6.07, 6.45) is 3.61. The molecule has 174 valence electrons. The van der Waals surface area contributed by atoms with Crippen molar-refractivity contribution in [3.63, 3.8) is 0 Å². The normalized spacial score (nSPS) is 15.2. The first-order valence-electron chi connectivity index (χ1n) is 11.6. The first-order valence-corrected chi connectivity index (χ1v) is 11.6. The molecule has 0 saturated carbocycles. The summed E-state index contributed by atoms with van der Waals surface area (Å²) >= 11 is 0. The summed E-state index contributed by atoms with van der Waals surface area (Å²) in [4.78, 5) is 29.0. The van der Waals surface area contributed by atoms with Crippen LogP contribution in [0.25, 0.3) is 11.0 Å². The lowest BCUT2D eigenvalue weighted by Crippen LogP contribution is -2.29. The number of fused-ring (bicyclic) bond motifs is 2. The standard InChI is InChI=1S/C28H27NO5/c1-4-5-12-32-20-10-8-19(9-11-20)25-24-26(30)23-18(3)14-17(2)15-22(23)34-27(24)28(31)29(25)16-21-7-6-13-33-21/h6-11,13-15,25H,4-5,12,16H2,1-3H3. The zero-order valence-electron chi connectivity index (χ0n) is 19.6. The Morgan fingerprint density at radius 1 is 1.06 bits per heavy atom. The smallest absolute Gasteiger partial charge is 0.291 e. The average molecular weight is 458 g/mol. The van der Waals surface area contributed by atoms with Crippen molar-refractivity contribution < 1.29 is 18.4 Å². The molecule has 0 saturated heterocycles. The molecule has 0 bridgehead atoms. The number of nitrogens with zero attached hydrogens (tertiary/aromatic N) is 1. The molecule has 0 fully saturated rings. The highest BCUT2D eigenvalue weighted by molar-refractivity contribution is 5.99. The van der Waals surface area contributed by atoms with Crippen LogP contribution in [-0.4, -0.2) is 17.4 Å². The quantitative estimate of drug-likeness (QED) is 0.322. The number of hydrogen-bond donors (Lipinski definition) is 0. The first kappa shape index (κ1) is 22.0. The number of furan rings is 1. The predicted octanol–water partition coefficient (Wildman–Crippen LogP) is 5.93. The van der Waals surface area contributed by atoms with Crippen LogP contribution in [0.2, 0.25) is 0 Å². The van der Waals surface area contributed by atoms with E-state index in [2.05, 4.69) is 6.92 Å². The third-order valence-corrected chi connectivity index (χ3v) is 6.28. The molecule has 0 N–H and O–H groups in total. The second kappa shape index (κ2) is 8.86. The Labute approximate surface area is 197 Å². The Hall–Kier alpha value is -3.80. The van der Waals surface area contributed by atoms with Gasteiger partial charge in [-0.1, -0.05) is 31.5 Å². The minimum Gasteiger partial charge on any atom is -0.494 e. The molecule has 1 unspecified atom stereocenters. The van der Waals surface area contributed by atoms with Gasteiger partial charge in [0.25, 0.3) is 5.91 Å². The van der Waals surface area contributed by atoms with Crippen molar-refractivity contribution in [2.24, 2.45) is 0 Å². The molecule has 5 rings (SSSR count). The second-order valence-corrected chi connectivity index (χ2v) is 8.81. The van der Waals surface area contributed by atoms with E-state index in [1.54, 1.807) is 17.2 Å². The fourth-order valence-electron chi connectivity index (χ4n) is 4.67. The molecule has 2 aromatic heterocycles. The van der Waals surface area contributed by atoms with Crippen molar-refractivity contribution in [1.82, 2.24) is 4.90 Å². The van der Waals surface area contributed by atoms with Crippen LogP contribution in [0, 0.1) is 13.8 Å². The molecule has 6 nitrogen and oxygen atoms in total. The maximum Gasteiger partial charge on any atom is 0.291 e. The van der Waals surface area contributed by atoms with Crippen LogP contribution in [0.1, 0.15) is 64.4 Å². The zero-order valence-corrected chi connectivity index (χ0v) is 19.6. The average Bonchev–Trinajstić information content (AvgIpc) is 3.42. The summed E-state index contributed by atoms with van der Waals surface area (Å²) < 4.78 is 17.4. The van der Waals surface area contributed by atoms with Crippen LogP contribution >= 0.6 is 0 Å². The number of benzene rings is 2. The number of carbonyl (C=O) groups is 1. The van der Waals surface area contributed by atoms with Gasteiger partial charge in [0.2, 0.25) is 5.76 Å². The maximum atomic E-state index is 13.8. The molecule has 1 aliphatic heterocycles.